The summed E-state index contributed by atoms with van der Waals surface area (Å²) in [6.07, 6.45) is 0.702. The zero-order chi connectivity index (χ0) is 11.5. The van der Waals surface area contributed by atoms with Crippen molar-refractivity contribution in [1.82, 2.24) is 15.2 Å². The lowest BCUT2D eigenvalue weighted by atomic mass is 10.0. The van der Waals surface area contributed by atoms with Crippen LogP contribution in [-0.2, 0) is 0 Å². The molecule has 2 unspecified atom stereocenters. The molecule has 16 heavy (non-hydrogen) atoms. The quantitative estimate of drug-likeness (QED) is 0.685. The molecule has 0 aliphatic heterocycles. The van der Waals surface area contributed by atoms with Crippen molar-refractivity contribution in [3.05, 3.63) is 24.0 Å². The van der Waals surface area contributed by atoms with Crippen LogP contribution in [0.4, 0.5) is 0 Å². The summed E-state index contributed by atoms with van der Waals surface area (Å²) in [6, 6.07) is 3.48. The van der Waals surface area contributed by atoms with Gasteiger partial charge in [-0.3, -0.25) is 5.10 Å². The van der Waals surface area contributed by atoms with E-state index in [2.05, 4.69) is 15.2 Å². The van der Waals surface area contributed by atoms with Crippen molar-refractivity contribution in [3.63, 3.8) is 0 Å². The zero-order valence-electron chi connectivity index (χ0n) is 8.33. The molecule has 6 heteroatoms. The summed E-state index contributed by atoms with van der Waals surface area (Å²) in [5, 5.41) is 34.9. The molecule has 0 saturated heterocycles. The van der Waals surface area contributed by atoms with Crippen LogP contribution in [0.5, 0.6) is 0 Å². The monoisotopic (exact) mass is 218 g/mol. The topological polar surface area (TPSA) is 106 Å². The minimum Gasteiger partial charge on any atom is -0.389 e. The van der Waals surface area contributed by atoms with Gasteiger partial charge >= 0.3 is 0 Å². The molecule has 2 aromatic rings. The molecule has 0 amide bonds. The van der Waals surface area contributed by atoms with Gasteiger partial charge in [-0.25, -0.2) is 4.98 Å². The first kappa shape index (κ1) is 10.5. The van der Waals surface area contributed by atoms with E-state index in [1.54, 1.807) is 18.3 Å². The predicted molar refractivity (Wildman–Crippen MR) is 55.1 cm³/mol. The lowest BCUT2D eigenvalue weighted by Gasteiger charge is -2.14. The first-order valence-electron chi connectivity index (χ1n) is 4.74. The molecule has 0 radical (unpaired) electrons. The summed E-state index contributed by atoms with van der Waals surface area (Å²) < 4.78 is 0. The lowest BCUT2D eigenvalue weighted by molar-refractivity contribution is 0.0215. The molecule has 0 bridgehead atoms. The van der Waals surface area contributed by atoms with Crippen molar-refractivity contribution in [3.8, 4) is 6.07 Å². The molecule has 3 N–H and O–H groups in total. The second-order valence-electron chi connectivity index (χ2n) is 3.45. The number of nitrogens with one attached hydrogen (secondary N) is 1. The van der Waals surface area contributed by atoms with Crippen molar-refractivity contribution in [2.45, 2.75) is 18.6 Å². The van der Waals surface area contributed by atoms with Crippen LogP contribution in [0.2, 0.25) is 0 Å². The Bertz CT molecular complexity index is 531. The van der Waals surface area contributed by atoms with Gasteiger partial charge in [0.2, 0.25) is 0 Å². The van der Waals surface area contributed by atoms with Crippen LogP contribution in [-0.4, -0.2) is 31.5 Å². The maximum absolute atomic E-state index is 9.75. The molecule has 0 fully saturated rings. The number of rotatable bonds is 3. The van der Waals surface area contributed by atoms with Crippen LogP contribution in [0, 0.1) is 11.3 Å². The van der Waals surface area contributed by atoms with Crippen molar-refractivity contribution in [2.75, 3.05) is 0 Å². The molecule has 0 aromatic carbocycles. The first-order valence-corrected chi connectivity index (χ1v) is 4.74. The number of fused-ring (bicyclic) bond motifs is 1. The molecule has 82 valence electrons. The van der Waals surface area contributed by atoms with Gasteiger partial charge in [-0.1, -0.05) is 0 Å². The standard InChI is InChI=1S/C10H10N4O2/c11-2-1-8(15)9(16)6-3-7-5-13-14-10(7)12-4-6/h3-5,8-9,15-16H,1H2,(H,12,13,14). The van der Waals surface area contributed by atoms with Crippen LogP contribution in [0.25, 0.3) is 11.0 Å². The average molecular weight is 218 g/mol. The first-order chi connectivity index (χ1) is 7.72. The summed E-state index contributed by atoms with van der Waals surface area (Å²) >= 11 is 0. The van der Waals surface area contributed by atoms with Crippen LogP contribution >= 0.6 is 0 Å². The fraction of sp³-hybridized carbons (Fsp3) is 0.300. The summed E-state index contributed by atoms with van der Waals surface area (Å²) in [7, 11) is 0. The van der Waals surface area contributed by atoms with E-state index >= 15 is 0 Å². The number of aromatic nitrogens is 3. The van der Waals surface area contributed by atoms with Crippen LogP contribution in [0.15, 0.2) is 18.5 Å². The average Bonchev–Trinajstić information content (AvgIpc) is 2.75. The summed E-state index contributed by atoms with van der Waals surface area (Å²) in [6.45, 7) is 0. The summed E-state index contributed by atoms with van der Waals surface area (Å²) in [5.74, 6) is 0. The Balaban J connectivity index is 2.29. The van der Waals surface area contributed by atoms with E-state index in [-0.39, 0.29) is 6.42 Å². The fourth-order valence-electron chi connectivity index (χ4n) is 1.44. The van der Waals surface area contributed by atoms with Gasteiger partial charge in [-0.2, -0.15) is 10.4 Å². The second kappa shape index (κ2) is 4.26. The van der Waals surface area contributed by atoms with E-state index in [1.165, 1.54) is 6.20 Å². The van der Waals surface area contributed by atoms with E-state index in [4.69, 9.17) is 5.26 Å². The number of nitriles is 1. The van der Waals surface area contributed by atoms with Gasteiger partial charge in [0, 0.05) is 17.1 Å². The smallest absolute Gasteiger partial charge is 0.155 e. The van der Waals surface area contributed by atoms with Gasteiger partial charge in [-0.05, 0) is 6.07 Å². The Morgan fingerprint density at radius 2 is 2.25 bits per heavy atom. The van der Waals surface area contributed by atoms with E-state index in [0.717, 1.165) is 5.39 Å². The SMILES string of the molecule is N#CCC(O)C(O)c1cnc2[nH]ncc2c1. The number of H-pyrrole nitrogens is 1. The van der Waals surface area contributed by atoms with E-state index < -0.39 is 12.2 Å². The van der Waals surface area contributed by atoms with Gasteiger partial charge in [0.05, 0.1) is 24.8 Å². The van der Waals surface area contributed by atoms with Gasteiger partial charge in [0.25, 0.3) is 0 Å². The van der Waals surface area contributed by atoms with Gasteiger partial charge in [0.15, 0.2) is 5.65 Å². The third-order valence-corrected chi connectivity index (χ3v) is 2.32. The van der Waals surface area contributed by atoms with Crippen molar-refractivity contribution >= 4 is 11.0 Å². The molecule has 0 aliphatic rings. The van der Waals surface area contributed by atoms with E-state index in [9.17, 15) is 10.2 Å². The van der Waals surface area contributed by atoms with Crippen LogP contribution in [0.3, 0.4) is 0 Å². The normalized spacial score (nSPS) is 14.6. The lowest BCUT2D eigenvalue weighted by Crippen LogP contribution is -2.17. The highest BCUT2D eigenvalue weighted by Gasteiger charge is 2.18. The number of pyridine rings is 1. The molecule has 2 atom stereocenters. The largest absolute Gasteiger partial charge is 0.389 e. The molecule has 2 aromatic heterocycles. The Morgan fingerprint density at radius 3 is 3.00 bits per heavy atom. The van der Waals surface area contributed by atoms with Crippen molar-refractivity contribution < 1.29 is 10.2 Å². The highest BCUT2D eigenvalue weighted by Crippen LogP contribution is 2.20. The second-order valence-corrected chi connectivity index (χ2v) is 3.45. The highest BCUT2D eigenvalue weighted by atomic mass is 16.3. The number of aliphatic hydroxyl groups is 2. The Morgan fingerprint density at radius 1 is 1.44 bits per heavy atom. The fourth-order valence-corrected chi connectivity index (χ4v) is 1.44. The highest BCUT2D eigenvalue weighted by molar-refractivity contribution is 5.74. The molecular formula is C10H10N4O2. The number of aliphatic hydroxyl groups excluding tert-OH is 2. The van der Waals surface area contributed by atoms with E-state index in [1.807, 2.05) is 0 Å². The molecule has 0 aliphatic carbocycles. The van der Waals surface area contributed by atoms with Gasteiger partial charge in [-0.15, -0.1) is 0 Å². The Labute approximate surface area is 91.2 Å². The third-order valence-electron chi connectivity index (χ3n) is 2.32. The molecule has 2 rings (SSSR count). The molecular weight excluding hydrogens is 208 g/mol. The van der Waals surface area contributed by atoms with E-state index in [0.29, 0.717) is 11.2 Å². The maximum atomic E-state index is 9.75. The zero-order valence-corrected chi connectivity index (χ0v) is 8.33. The van der Waals surface area contributed by atoms with Crippen molar-refractivity contribution in [1.29, 1.82) is 5.26 Å². The number of nitrogens with zero attached hydrogens (tertiary/aromatic N) is 3. The number of hydrogen-bond donors (Lipinski definition) is 3. The minimum atomic E-state index is -1.11. The van der Waals surface area contributed by atoms with Crippen LogP contribution < -0.4 is 0 Å². The molecule has 6 nitrogen and oxygen atoms in total. The number of hydrogen-bond acceptors (Lipinski definition) is 5. The van der Waals surface area contributed by atoms with Gasteiger partial charge in [0.1, 0.15) is 6.10 Å². The summed E-state index contributed by atoms with van der Waals surface area (Å²) in [4.78, 5) is 4.03. The Hall–Kier alpha value is -1.97. The molecule has 2 heterocycles. The van der Waals surface area contributed by atoms with Crippen LogP contribution in [0.1, 0.15) is 18.1 Å². The molecule has 0 saturated carbocycles. The molecule has 0 spiro atoms. The van der Waals surface area contributed by atoms with Gasteiger partial charge < -0.3 is 10.2 Å². The Kier molecular flexibility index (Phi) is 2.81. The maximum Gasteiger partial charge on any atom is 0.155 e. The minimum absolute atomic E-state index is 0.120. The third kappa shape index (κ3) is 1.86. The predicted octanol–water partition coefficient (Wildman–Crippen LogP) is 0.266. The van der Waals surface area contributed by atoms with Crippen molar-refractivity contribution in [2.24, 2.45) is 0 Å². The number of aromatic amines is 1. The summed E-state index contributed by atoms with van der Waals surface area (Å²) in [5.41, 5.74) is 1.09.